The Morgan fingerprint density at radius 2 is 1.87 bits per heavy atom. The van der Waals surface area contributed by atoms with Crippen LogP contribution in [0.4, 0.5) is 4.39 Å². The number of nitrogens with zero attached hydrogens (tertiary/aromatic N) is 2. The zero-order valence-corrected chi connectivity index (χ0v) is 13.4. The van der Waals surface area contributed by atoms with Crippen LogP contribution in [-0.4, -0.2) is 28.3 Å². The minimum atomic E-state index is -0.485. The molecule has 0 aliphatic rings. The number of methoxy groups -OCH3 is 1. The average molecular weight is 319 g/mol. The van der Waals surface area contributed by atoms with E-state index < -0.39 is 22.8 Å². The van der Waals surface area contributed by atoms with Gasteiger partial charge in [0.2, 0.25) is 0 Å². The lowest BCUT2D eigenvalue weighted by Crippen LogP contribution is -2.41. The first-order valence-electron chi connectivity index (χ1n) is 6.98. The van der Waals surface area contributed by atoms with Crippen LogP contribution in [0.5, 0.6) is 5.75 Å². The van der Waals surface area contributed by atoms with Crippen molar-refractivity contribution in [3.63, 3.8) is 0 Å². The Kier molecular flexibility index (Phi) is 4.49. The largest absolute Gasteiger partial charge is 0.494 e. The standard InChI is InChI=1S/C16H18FN3O3/c1-16(2,3)18-15(22)14-12(23-4)9-13(21)20(19-14)11-7-5-10(17)6-8-11/h5-9H,1-4H3,(H,18,22). The molecule has 2 aromatic rings. The van der Waals surface area contributed by atoms with Gasteiger partial charge in [-0.2, -0.15) is 9.78 Å². The van der Waals surface area contributed by atoms with Gasteiger partial charge in [-0.1, -0.05) is 0 Å². The van der Waals surface area contributed by atoms with Crippen molar-refractivity contribution in [2.24, 2.45) is 0 Å². The highest BCUT2D eigenvalue weighted by molar-refractivity contribution is 5.95. The number of hydrogen-bond acceptors (Lipinski definition) is 4. The molecule has 2 rings (SSSR count). The topological polar surface area (TPSA) is 73.2 Å². The van der Waals surface area contributed by atoms with Crippen molar-refractivity contribution in [1.29, 1.82) is 0 Å². The number of halogens is 1. The van der Waals surface area contributed by atoms with Crippen molar-refractivity contribution in [3.8, 4) is 11.4 Å². The van der Waals surface area contributed by atoms with Crippen LogP contribution in [0, 0.1) is 5.82 Å². The van der Waals surface area contributed by atoms with Gasteiger partial charge in [0, 0.05) is 5.54 Å². The minimum Gasteiger partial charge on any atom is -0.494 e. The smallest absolute Gasteiger partial charge is 0.276 e. The second-order valence-electron chi connectivity index (χ2n) is 5.99. The Bertz CT molecular complexity index is 777. The van der Waals surface area contributed by atoms with E-state index in [0.717, 1.165) is 4.68 Å². The van der Waals surface area contributed by atoms with Crippen LogP contribution in [0.1, 0.15) is 31.3 Å². The van der Waals surface area contributed by atoms with Gasteiger partial charge in [-0.15, -0.1) is 0 Å². The maximum Gasteiger partial charge on any atom is 0.276 e. The van der Waals surface area contributed by atoms with Crippen molar-refractivity contribution < 1.29 is 13.9 Å². The van der Waals surface area contributed by atoms with Crippen LogP contribution in [0.25, 0.3) is 5.69 Å². The van der Waals surface area contributed by atoms with Gasteiger partial charge >= 0.3 is 0 Å². The van der Waals surface area contributed by atoms with Gasteiger partial charge in [-0.3, -0.25) is 9.59 Å². The van der Waals surface area contributed by atoms with E-state index >= 15 is 0 Å². The molecular weight excluding hydrogens is 301 g/mol. The quantitative estimate of drug-likeness (QED) is 0.938. The summed E-state index contributed by atoms with van der Waals surface area (Å²) in [7, 11) is 1.35. The monoisotopic (exact) mass is 319 g/mol. The average Bonchev–Trinajstić information content (AvgIpc) is 2.46. The van der Waals surface area contributed by atoms with E-state index in [-0.39, 0.29) is 11.4 Å². The maximum absolute atomic E-state index is 13.0. The van der Waals surface area contributed by atoms with Gasteiger partial charge in [0.15, 0.2) is 11.4 Å². The number of hydrogen-bond donors (Lipinski definition) is 1. The summed E-state index contributed by atoms with van der Waals surface area (Å²) in [6.45, 7) is 5.48. The Hall–Kier alpha value is -2.70. The molecule has 1 N–H and O–H groups in total. The molecule has 0 saturated heterocycles. The first kappa shape index (κ1) is 16.7. The normalized spacial score (nSPS) is 11.2. The molecule has 0 unspecified atom stereocenters. The molecule has 23 heavy (non-hydrogen) atoms. The fraction of sp³-hybridized carbons (Fsp3) is 0.312. The molecule has 1 aromatic heterocycles. The fourth-order valence-electron chi connectivity index (χ4n) is 1.92. The molecule has 0 saturated carbocycles. The molecule has 0 spiro atoms. The van der Waals surface area contributed by atoms with E-state index in [1.165, 1.54) is 37.4 Å². The first-order valence-corrected chi connectivity index (χ1v) is 6.98. The van der Waals surface area contributed by atoms with Crippen molar-refractivity contribution >= 4 is 5.91 Å². The van der Waals surface area contributed by atoms with E-state index in [1.807, 2.05) is 20.8 Å². The molecule has 1 aromatic carbocycles. The summed E-state index contributed by atoms with van der Waals surface area (Å²) in [6.07, 6.45) is 0. The van der Waals surface area contributed by atoms with Gasteiger partial charge in [0.05, 0.1) is 18.9 Å². The van der Waals surface area contributed by atoms with Gasteiger partial charge in [0.1, 0.15) is 5.82 Å². The molecule has 0 aliphatic heterocycles. The van der Waals surface area contributed by atoms with Crippen molar-refractivity contribution in [2.75, 3.05) is 7.11 Å². The predicted molar refractivity (Wildman–Crippen MR) is 83.6 cm³/mol. The van der Waals surface area contributed by atoms with Crippen LogP contribution in [0.2, 0.25) is 0 Å². The molecule has 0 fully saturated rings. The number of carbonyl (C=O) groups is 1. The van der Waals surface area contributed by atoms with Crippen LogP contribution >= 0.6 is 0 Å². The lowest BCUT2D eigenvalue weighted by molar-refractivity contribution is 0.0909. The highest BCUT2D eigenvalue weighted by Gasteiger charge is 2.22. The molecule has 1 heterocycles. The molecular formula is C16H18FN3O3. The molecule has 0 bridgehead atoms. The second-order valence-corrected chi connectivity index (χ2v) is 5.99. The fourth-order valence-corrected chi connectivity index (χ4v) is 1.92. The molecule has 0 atom stereocenters. The predicted octanol–water partition coefficient (Wildman–Crippen LogP) is 1.91. The van der Waals surface area contributed by atoms with Crippen LogP contribution < -0.4 is 15.6 Å². The zero-order chi connectivity index (χ0) is 17.2. The number of carbonyl (C=O) groups excluding carboxylic acids is 1. The van der Waals surface area contributed by atoms with Crippen LogP contribution in [-0.2, 0) is 0 Å². The molecule has 6 nitrogen and oxygen atoms in total. The third kappa shape index (κ3) is 3.94. The van der Waals surface area contributed by atoms with Gasteiger partial charge in [-0.25, -0.2) is 4.39 Å². The third-order valence-electron chi connectivity index (χ3n) is 2.89. The summed E-state index contributed by atoms with van der Waals surface area (Å²) in [6, 6.07) is 6.41. The summed E-state index contributed by atoms with van der Waals surface area (Å²) in [5.41, 5.74) is -0.628. The summed E-state index contributed by atoms with van der Waals surface area (Å²) in [5.74, 6) is -0.818. The van der Waals surface area contributed by atoms with Gasteiger partial charge in [0.25, 0.3) is 11.5 Å². The maximum atomic E-state index is 13.0. The number of nitrogens with one attached hydrogen (secondary N) is 1. The summed E-state index contributed by atoms with van der Waals surface area (Å²) >= 11 is 0. The van der Waals surface area contributed by atoms with Gasteiger partial charge < -0.3 is 10.1 Å². The Balaban J connectivity index is 2.54. The van der Waals surface area contributed by atoms with E-state index in [4.69, 9.17) is 4.74 Å². The number of rotatable bonds is 3. The van der Waals surface area contributed by atoms with E-state index in [0.29, 0.717) is 5.69 Å². The minimum absolute atomic E-state index is 0.0219. The van der Waals surface area contributed by atoms with Crippen molar-refractivity contribution in [2.45, 2.75) is 26.3 Å². The zero-order valence-electron chi connectivity index (χ0n) is 13.4. The highest BCUT2D eigenvalue weighted by atomic mass is 19.1. The lowest BCUT2D eigenvalue weighted by Gasteiger charge is -2.21. The van der Waals surface area contributed by atoms with E-state index in [2.05, 4.69) is 10.4 Å². The second kappa shape index (κ2) is 6.20. The van der Waals surface area contributed by atoms with E-state index in [9.17, 15) is 14.0 Å². The lowest BCUT2D eigenvalue weighted by atomic mass is 10.1. The Morgan fingerprint density at radius 3 is 2.39 bits per heavy atom. The van der Waals surface area contributed by atoms with Crippen LogP contribution in [0.3, 0.4) is 0 Å². The van der Waals surface area contributed by atoms with Gasteiger partial charge in [-0.05, 0) is 45.0 Å². The highest BCUT2D eigenvalue weighted by Crippen LogP contribution is 2.15. The molecule has 0 aliphatic carbocycles. The molecule has 1 amide bonds. The summed E-state index contributed by atoms with van der Waals surface area (Å²) in [5, 5.41) is 6.83. The van der Waals surface area contributed by atoms with Crippen molar-refractivity contribution in [1.82, 2.24) is 15.1 Å². The van der Waals surface area contributed by atoms with Crippen molar-refractivity contribution in [3.05, 3.63) is 52.2 Å². The number of aromatic nitrogens is 2. The van der Waals surface area contributed by atoms with Crippen LogP contribution in [0.15, 0.2) is 35.1 Å². The molecule has 0 radical (unpaired) electrons. The number of benzene rings is 1. The number of amides is 1. The summed E-state index contributed by atoms with van der Waals surface area (Å²) in [4.78, 5) is 24.5. The molecule has 7 heteroatoms. The summed E-state index contributed by atoms with van der Waals surface area (Å²) < 4.78 is 19.1. The Morgan fingerprint density at radius 1 is 1.26 bits per heavy atom. The SMILES string of the molecule is COc1cc(=O)n(-c2ccc(F)cc2)nc1C(=O)NC(C)(C)C. The van der Waals surface area contributed by atoms with E-state index in [1.54, 1.807) is 0 Å². The number of ether oxygens (including phenoxy) is 1. The Labute approximate surface area is 132 Å². The first-order chi connectivity index (χ1) is 10.7. The third-order valence-corrected chi connectivity index (χ3v) is 2.89. The molecule has 122 valence electrons.